The Morgan fingerprint density at radius 1 is 0.972 bits per heavy atom. The number of nitrogens with zero attached hydrogens (tertiary/aromatic N) is 4. The number of hydrogen-bond acceptors (Lipinski definition) is 3. The summed E-state index contributed by atoms with van der Waals surface area (Å²) in [5.41, 5.74) is 5.31. The van der Waals surface area contributed by atoms with Crippen LogP contribution in [0.3, 0.4) is 0 Å². The number of halogens is 2. The molecule has 36 heavy (non-hydrogen) atoms. The van der Waals surface area contributed by atoms with Gasteiger partial charge >= 0.3 is 0 Å². The Kier molecular flexibility index (Phi) is 6.91. The average molecular weight is 487 g/mol. The first kappa shape index (κ1) is 23.9. The van der Waals surface area contributed by atoms with Crippen molar-refractivity contribution in [2.45, 2.75) is 33.0 Å². The zero-order valence-electron chi connectivity index (χ0n) is 20.2. The van der Waals surface area contributed by atoms with Crippen molar-refractivity contribution in [3.05, 3.63) is 119 Å². The van der Waals surface area contributed by atoms with E-state index in [1.165, 1.54) is 29.8 Å². The number of rotatable bonds is 7. The summed E-state index contributed by atoms with van der Waals surface area (Å²) in [6, 6.07) is 22.4. The smallest absolute Gasteiger partial charge is 0.254 e. The maximum atomic E-state index is 13.8. The predicted molar refractivity (Wildman–Crippen MR) is 135 cm³/mol. The van der Waals surface area contributed by atoms with E-state index in [0.717, 1.165) is 42.1 Å². The second kappa shape index (κ2) is 10.4. The van der Waals surface area contributed by atoms with Crippen molar-refractivity contribution in [3.63, 3.8) is 0 Å². The number of amides is 1. The lowest BCUT2D eigenvalue weighted by molar-refractivity contribution is 0.0749. The lowest BCUT2D eigenvalue weighted by atomic mass is 10.0. The van der Waals surface area contributed by atoms with Crippen LogP contribution in [0.1, 0.15) is 39.8 Å². The Bertz CT molecular complexity index is 1350. The molecule has 0 unspecified atom stereocenters. The quantitative estimate of drug-likeness (QED) is 0.353. The third-order valence-electron chi connectivity index (χ3n) is 6.62. The van der Waals surface area contributed by atoms with Crippen molar-refractivity contribution in [2.24, 2.45) is 0 Å². The van der Waals surface area contributed by atoms with Gasteiger partial charge in [-0.05, 0) is 55.0 Å². The molecule has 0 aliphatic carbocycles. The number of fused-ring (bicyclic) bond motifs is 1. The largest absolute Gasteiger partial charge is 0.333 e. The molecule has 0 atom stereocenters. The highest BCUT2D eigenvalue weighted by Crippen LogP contribution is 2.28. The number of carbonyl (C=O) groups excluding carboxylic acids is 1. The van der Waals surface area contributed by atoms with Crippen LogP contribution >= 0.6 is 0 Å². The van der Waals surface area contributed by atoms with Crippen LogP contribution in [0.4, 0.5) is 8.78 Å². The van der Waals surface area contributed by atoms with Crippen LogP contribution in [0.15, 0.2) is 78.9 Å². The Morgan fingerprint density at radius 3 is 2.47 bits per heavy atom. The van der Waals surface area contributed by atoms with Gasteiger partial charge in [0.1, 0.15) is 11.6 Å². The van der Waals surface area contributed by atoms with Crippen LogP contribution in [0, 0.1) is 11.6 Å². The first-order chi connectivity index (χ1) is 17.5. The fourth-order valence-corrected chi connectivity index (χ4v) is 4.75. The molecule has 0 spiro atoms. The molecule has 1 aliphatic rings. The first-order valence-corrected chi connectivity index (χ1v) is 12.2. The molecule has 7 heteroatoms. The van der Waals surface area contributed by atoms with E-state index in [9.17, 15) is 13.6 Å². The van der Waals surface area contributed by atoms with Crippen LogP contribution in [0.5, 0.6) is 0 Å². The van der Waals surface area contributed by atoms with E-state index in [2.05, 4.69) is 17.0 Å². The maximum absolute atomic E-state index is 13.8. The summed E-state index contributed by atoms with van der Waals surface area (Å²) in [4.78, 5) is 17.3. The molecule has 184 valence electrons. The summed E-state index contributed by atoms with van der Waals surface area (Å²) in [5, 5.41) is 4.91. The topological polar surface area (TPSA) is 41.4 Å². The molecule has 0 fully saturated rings. The van der Waals surface area contributed by atoms with Gasteiger partial charge in [-0.15, -0.1) is 0 Å². The highest BCUT2D eigenvalue weighted by molar-refractivity contribution is 5.94. The second-order valence-electron chi connectivity index (χ2n) is 9.04. The monoisotopic (exact) mass is 486 g/mol. The average Bonchev–Trinajstić information content (AvgIpc) is 3.25. The van der Waals surface area contributed by atoms with Crippen LogP contribution in [0.25, 0.3) is 5.69 Å². The first-order valence-electron chi connectivity index (χ1n) is 12.2. The zero-order chi connectivity index (χ0) is 25.1. The Labute approximate surface area is 209 Å². The molecule has 3 aromatic carbocycles. The standard InChI is InChI=1S/C29H28F2N4O/c1-2-34(29(36)22-9-6-10-24(31)17-22)20-27-26-19-33(18-21-7-4-3-5-8-21)16-15-28(26)35(32-27)25-13-11-23(30)12-14-25/h3-14,17H,2,15-16,18-20H2,1H3. The van der Waals surface area contributed by atoms with Crippen molar-refractivity contribution < 1.29 is 13.6 Å². The molecule has 1 aliphatic heterocycles. The minimum Gasteiger partial charge on any atom is -0.333 e. The number of hydrogen-bond donors (Lipinski definition) is 0. The van der Waals surface area contributed by atoms with E-state index < -0.39 is 5.82 Å². The van der Waals surface area contributed by atoms with Crippen LogP contribution in [-0.2, 0) is 26.1 Å². The summed E-state index contributed by atoms with van der Waals surface area (Å²) < 4.78 is 29.2. The summed E-state index contributed by atoms with van der Waals surface area (Å²) in [6.07, 6.45) is 0.788. The third-order valence-corrected chi connectivity index (χ3v) is 6.62. The fraction of sp³-hybridized carbons (Fsp3) is 0.241. The van der Waals surface area contributed by atoms with Gasteiger partial charge in [-0.1, -0.05) is 36.4 Å². The Morgan fingerprint density at radius 2 is 1.75 bits per heavy atom. The maximum Gasteiger partial charge on any atom is 0.254 e. The molecule has 2 heterocycles. The number of carbonyl (C=O) groups is 1. The van der Waals surface area contributed by atoms with E-state index in [-0.39, 0.29) is 11.7 Å². The Hall–Kier alpha value is -3.84. The van der Waals surface area contributed by atoms with E-state index in [1.807, 2.05) is 29.8 Å². The van der Waals surface area contributed by atoms with Gasteiger partial charge in [0.25, 0.3) is 5.91 Å². The van der Waals surface area contributed by atoms with Crippen LogP contribution in [0.2, 0.25) is 0 Å². The van der Waals surface area contributed by atoms with E-state index >= 15 is 0 Å². The molecular weight excluding hydrogens is 458 g/mol. The minimum atomic E-state index is -0.438. The lowest BCUT2D eigenvalue weighted by Crippen LogP contribution is -2.33. The molecule has 1 amide bonds. The molecule has 5 nitrogen and oxygen atoms in total. The highest BCUT2D eigenvalue weighted by Gasteiger charge is 2.27. The second-order valence-corrected chi connectivity index (χ2v) is 9.04. The van der Waals surface area contributed by atoms with Gasteiger partial charge in [-0.3, -0.25) is 9.69 Å². The van der Waals surface area contributed by atoms with Crippen molar-refractivity contribution in [2.75, 3.05) is 13.1 Å². The van der Waals surface area contributed by atoms with Gasteiger partial charge in [-0.2, -0.15) is 5.10 Å². The van der Waals surface area contributed by atoms with Crippen molar-refractivity contribution in [1.82, 2.24) is 19.6 Å². The van der Waals surface area contributed by atoms with Gasteiger partial charge in [-0.25, -0.2) is 13.5 Å². The molecule has 0 saturated heterocycles. The normalized spacial score (nSPS) is 13.4. The van der Waals surface area contributed by atoms with Crippen LogP contribution in [-0.4, -0.2) is 38.6 Å². The van der Waals surface area contributed by atoms with Gasteiger partial charge in [0, 0.05) is 43.7 Å². The summed E-state index contributed by atoms with van der Waals surface area (Å²) in [6.45, 7) is 5.06. The van der Waals surface area contributed by atoms with Crippen molar-refractivity contribution in [3.8, 4) is 5.69 Å². The molecule has 1 aromatic heterocycles. The minimum absolute atomic E-state index is 0.237. The van der Waals surface area contributed by atoms with Gasteiger partial charge in [0.2, 0.25) is 0 Å². The van der Waals surface area contributed by atoms with E-state index in [4.69, 9.17) is 5.10 Å². The fourth-order valence-electron chi connectivity index (χ4n) is 4.75. The molecule has 0 N–H and O–H groups in total. The molecule has 4 aromatic rings. The molecule has 5 rings (SSSR count). The molecular formula is C29H28F2N4O. The Balaban J connectivity index is 1.47. The van der Waals surface area contributed by atoms with Crippen LogP contribution < -0.4 is 0 Å². The zero-order valence-corrected chi connectivity index (χ0v) is 20.2. The van der Waals surface area contributed by atoms with Gasteiger partial charge in [0.05, 0.1) is 23.6 Å². The SMILES string of the molecule is CCN(Cc1nn(-c2ccc(F)cc2)c2c1CN(Cc1ccccc1)CC2)C(=O)c1cccc(F)c1. The predicted octanol–water partition coefficient (Wildman–Crippen LogP) is 5.37. The van der Waals surface area contributed by atoms with Gasteiger partial charge < -0.3 is 4.90 Å². The van der Waals surface area contributed by atoms with E-state index in [0.29, 0.717) is 25.2 Å². The summed E-state index contributed by atoms with van der Waals surface area (Å²) in [5.74, 6) is -0.975. The van der Waals surface area contributed by atoms with Crippen molar-refractivity contribution >= 4 is 5.91 Å². The molecule has 0 bridgehead atoms. The lowest BCUT2D eigenvalue weighted by Gasteiger charge is -2.28. The number of aromatic nitrogens is 2. The summed E-state index contributed by atoms with van der Waals surface area (Å²) >= 11 is 0. The van der Waals surface area contributed by atoms with Gasteiger partial charge in [0.15, 0.2) is 0 Å². The van der Waals surface area contributed by atoms with E-state index in [1.54, 1.807) is 29.2 Å². The summed E-state index contributed by atoms with van der Waals surface area (Å²) in [7, 11) is 0. The third kappa shape index (κ3) is 5.06. The highest BCUT2D eigenvalue weighted by atomic mass is 19.1. The number of benzene rings is 3. The molecule has 0 radical (unpaired) electrons. The van der Waals surface area contributed by atoms with Crippen molar-refractivity contribution in [1.29, 1.82) is 0 Å². The molecule has 0 saturated carbocycles.